The normalized spacial score (nSPS) is 19.8. The largest absolute Gasteiger partial charge is 0.261 e. The van der Waals surface area contributed by atoms with Gasteiger partial charge in [-0.1, -0.05) is 0 Å². The van der Waals surface area contributed by atoms with E-state index in [0.29, 0.717) is 25.5 Å². The Kier molecular flexibility index (Phi) is 4.12. The zero-order valence-corrected chi connectivity index (χ0v) is 13.9. The number of benzene rings is 1. The number of hydrogen-bond donors (Lipinski definition) is 0. The summed E-state index contributed by atoms with van der Waals surface area (Å²) >= 11 is 0. The van der Waals surface area contributed by atoms with Gasteiger partial charge in [0.25, 0.3) is 9.05 Å². The Morgan fingerprint density at radius 3 is 2.29 bits per heavy atom. The lowest BCUT2D eigenvalue weighted by Gasteiger charge is -2.30. The topological polar surface area (TPSA) is 71.5 Å². The highest BCUT2D eigenvalue weighted by atomic mass is 35.7. The molecule has 0 unspecified atom stereocenters. The molecule has 21 heavy (non-hydrogen) atoms. The van der Waals surface area contributed by atoms with Crippen molar-refractivity contribution in [2.45, 2.75) is 42.0 Å². The molecule has 1 aromatic carbocycles. The highest BCUT2D eigenvalue weighted by molar-refractivity contribution is 8.13. The Hall–Kier alpha value is -0.700. The highest BCUT2D eigenvalue weighted by Gasteiger charge is 2.42. The van der Waals surface area contributed by atoms with E-state index >= 15 is 0 Å². The lowest BCUT2D eigenvalue weighted by molar-refractivity contribution is 0.290. The van der Waals surface area contributed by atoms with Crippen LogP contribution in [0.2, 0.25) is 0 Å². The van der Waals surface area contributed by atoms with Crippen LogP contribution < -0.4 is 0 Å². The molecule has 0 atom stereocenters. The van der Waals surface area contributed by atoms with Gasteiger partial charge < -0.3 is 0 Å². The number of rotatable bonds is 3. The summed E-state index contributed by atoms with van der Waals surface area (Å²) in [5, 5.41) is 0. The molecule has 1 saturated heterocycles. The van der Waals surface area contributed by atoms with Gasteiger partial charge in [0.15, 0.2) is 0 Å². The third-order valence-electron chi connectivity index (χ3n) is 3.58. The van der Waals surface area contributed by atoms with E-state index in [1.54, 1.807) is 13.8 Å². The molecule has 0 radical (unpaired) electrons. The quantitative estimate of drug-likeness (QED) is 0.780. The summed E-state index contributed by atoms with van der Waals surface area (Å²) in [5.41, 5.74) is -0.595. The fourth-order valence-corrected chi connectivity index (χ4v) is 5.15. The molecule has 1 aliphatic rings. The molecule has 0 aliphatic carbocycles. The Morgan fingerprint density at radius 2 is 1.86 bits per heavy atom. The van der Waals surface area contributed by atoms with Crippen molar-refractivity contribution < 1.29 is 21.2 Å². The molecule has 0 aromatic heterocycles. The average molecular weight is 356 g/mol. The van der Waals surface area contributed by atoms with E-state index in [4.69, 9.17) is 10.7 Å². The van der Waals surface area contributed by atoms with Crippen molar-refractivity contribution in [2.24, 2.45) is 0 Å². The van der Waals surface area contributed by atoms with E-state index in [1.807, 2.05) is 0 Å². The van der Waals surface area contributed by atoms with Gasteiger partial charge in [-0.15, -0.1) is 0 Å². The van der Waals surface area contributed by atoms with Gasteiger partial charge in [-0.2, -0.15) is 4.31 Å². The summed E-state index contributed by atoms with van der Waals surface area (Å²) in [4.78, 5) is -1.01. The lowest BCUT2D eigenvalue weighted by atomic mass is 10.0. The van der Waals surface area contributed by atoms with E-state index in [-0.39, 0.29) is 0 Å². The molecule has 0 bridgehead atoms. The SMILES string of the molecule is CC1(C)CCCN1S(=O)(=O)c1ccc(S(=O)(=O)Cl)cc1F. The molecule has 1 heterocycles. The van der Waals surface area contributed by atoms with E-state index in [9.17, 15) is 21.2 Å². The van der Waals surface area contributed by atoms with Crippen LogP contribution >= 0.6 is 10.7 Å². The van der Waals surface area contributed by atoms with Gasteiger partial charge in [-0.05, 0) is 44.9 Å². The van der Waals surface area contributed by atoms with E-state index in [0.717, 1.165) is 12.1 Å². The first-order valence-electron chi connectivity index (χ1n) is 6.23. The van der Waals surface area contributed by atoms with Crippen LogP contribution in [0.5, 0.6) is 0 Å². The molecular weight excluding hydrogens is 341 g/mol. The minimum absolute atomic E-state index is 0.310. The summed E-state index contributed by atoms with van der Waals surface area (Å²) in [6, 6.07) is 2.55. The van der Waals surface area contributed by atoms with Crippen molar-refractivity contribution in [3.05, 3.63) is 24.0 Å². The number of sulfonamides is 1. The van der Waals surface area contributed by atoms with Gasteiger partial charge in [0, 0.05) is 22.8 Å². The summed E-state index contributed by atoms with van der Waals surface area (Å²) < 4.78 is 62.7. The molecule has 0 amide bonds. The Balaban J connectivity index is 2.52. The van der Waals surface area contributed by atoms with Crippen LogP contribution in [0.15, 0.2) is 28.0 Å². The van der Waals surface area contributed by atoms with E-state index < -0.39 is 40.2 Å². The Morgan fingerprint density at radius 1 is 1.24 bits per heavy atom. The van der Waals surface area contributed by atoms with Crippen molar-refractivity contribution in [3.63, 3.8) is 0 Å². The van der Waals surface area contributed by atoms with Gasteiger partial charge in [-0.25, -0.2) is 21.2 Å². The van der Waals surface area contributed by atoms with Crippen molar-refractivity contribution >= 4 is 29.8 Å². The summed E-state index contributed by atoms with van der Waals surface area (Å²) in [5.74, 6) is -1.13. The summed E-state index contributed by atoms with van der Waals surface area (Å²) in [7, 11) is -3.01. The number of hydrogen-bond acceptors (Lipinski definition) is 4. The highest BCUT2D eigenvalue weighted by Crippen LogP contribution is 2.35. The average Bonchev–Trinajstić information content (AvgIpc) is 2.68. The van der Waals surface area contributed by atoms with Crippen LogP contribution in [0, 0.1) is 5.82 Å². The summed E-state index contributed by atoms with van der Waals surface area (Å²) in [6.45, 7) is 3.85. The Bertz CT molecular complexity index is 774. The van der Waals surface area contributed by atoms with Gasteiger partial charge in [-0.3, -0.25) is 0 Å². The standard InChI is InChI=1S/C12H15ClFNO4S2/c1-12(2)6-3-7-15(12)21(18,19)11-5-4-9(8-10(11)14)20(13,16)17/h4-5,8H,3,6-7H2,1-2H3. The molecule has 2 rings (SSSR count). The Labute approximate surface area is 128 Å². The number of nitrogens with zero attached hydrogens (tertiary/aromatic N) is 1. The van der Waals surface area contributed by atoms with Gasteiger partial charge in [0.2, 0.25) is 10.0 Å². The maximum absolute atomic E-state index is 14.1. The van der Waals surface area contributed by atoms with Crippen LogP contribution in [0.1, 0.15) is 26.7 Å². The maximum atomic E-state index is 14.1. The molecule has 1 aliphatic heterocycles. The van der Waals surface area contributed by atoms with Crippen LogP contribution in [0.25, 0.3) is 0 Å². The summed E-state index contributed by atoms with van der Waals surface area (Å²) in [6.07, 6.45) is 1.38. The van der Waals surface area contributed by atoms with E-state index in [1.165, 1.54) is 4.31 Å². The first-order valence-corrected chi connectivity index (χ1v) is 9.98. The molecular formula is C12H15ClFNO4S2. The molecule has 1 fully saturated rings. The molecule has 0 N–H and O–H groups in total. The zero-order chi connectivity index (χ0) is 16.1. The predicted molar refractivity (Wildman–Crippen MR) is 76.6 cm³/mol. The fourth-order valence-electron chi connectivity index (χ4n) is 2.49. The van der Waals surface area contributed by atoms with Crippen molar-refractivity contribution in [2.75, 3.05) is 6.54 Å². The van der Waals surface area contributed by atoms with Crippen LogP contribution in [-0.2, 0) is 19.1 Å². The minimum atomic E-state index is -4.11. The lowest BCUT2D eigenvalue weighted by Crippen LogP contribution is -2.42. The third kappa shape index (κ3) is 3.08. The minimum Gasteiger partial charge on any atom is -0.207 e. The second-order valence-corrected chi connectivity index (χ2v) is 9.92. The molecule has 0 spiro atoms. The molecule has 118 valence electrons. The first kappa shape index (κ1) is 16.7. The molecule has 9 heteroatoms. The van der Waals surface area contributed by atoms with Gasteiger partial charge >= 0.3 is 0 Å². The second-order valence-electron chi connectivity index (χ2n) is 5.52. The first-order chi connectivity index (χ1) is 9.46. The zero-order valence-electron chi connectivity index (χ0n) is 11.5. The van der Waals surface area contributed by atoms with Crippen LogP contribution in [-0.4, -0.2) is 33.2 Å². The van der Waals surface area contributed by atoms with Crippen molar-refractivity contribution in [1.29, 1.82) is 0 Å². The predicted octanol–water partition coefficient (Wildman–Crippen LogP) is 2.32. The van der Waals surface area contributed by atoms with Gasteiger partial charge in [0.05, 0.1) is 4.90 Å². The second kappa shape index (κ2) is 5.19. The monoisotopic (exact) mass is 355 g/mol. The van der Waals surface area contributed by atoms with Crippen molar-refractivity contribution in [3.8, 4) is 0 Å². The maximum Gasteiger partial charge on any atom is 0.261 e. The van der Waals surface area contributed by atoms with E-state index in [2.05, 4.69) is 0 Å². The fraction of sp³-hybridized carbons (Fsp3) is 0.500. The molecule has 1 aromatic rings. The molecule has 5 nitrogen and oxygen atoms in total. The number of halogens is 2. The smallest absolute Gasteiger partial charge is 0.207 e. The van der Waals surface area contributed by atoms with Crippen molar-refractivity contribution in [1.82, 2.24) is 4.31 Å². The van der Waals surface area contributed by atoms with Crippen LogP contribution in [0.4, 0.5) is 4.39 Å². The van der Waals surface area contributed by atoms with Crippen LogP contribution in [0.3, 0.4) is 0 Å². The van der Waals surface area contributed by atoms with Gasteiger partial charge in [0.1, 0.15) is 10.7 Å². The third-order valence-corrected chi connectivity index (χ3v) is 7.07. The molecule has 0 saturated carbocycles.